The van der Waals surface area contributed by atoms with Crippen LogP contribution < -0.4 is 21.3 Å². The lowest BCUT2D eigenvalue weighted by Crippen LogP contribution is -2.43. The predicted octanol–water partition coefficient (Wildman–Crippen LogP) is 8.51. The Morgan fingerprint density at radius 1 is 0.476 bits per heavy atom. The third-order valence-corrected chi connectivity index (χ3v) is 17.2. The third kappa shape index (κ3) is 16.8. The molecule has 3 aliphatic carbocycles. The molecular weight excluding hydrogens is 1060 g/mol. The molecule has 0 aromatic heterocycles. The summed E-state index contributed by atoms with van der Waals surface area (Å²) in [5.74, 6) is -4.54. The molecule has 4 aromatic rings. The monoisotopic (exact) mass is 1150 g/mol. The lowest BCUT2D eigenvalue weighted by Gasteiger charge is -2.24. The standard InChI is InChI=1S/C67H85N7O10/c1-67(2,3)84-66(82)72(4)43-59(75)83-35-23-12-10-8-6-5-7-9-11-22-34-68-60(76)52-39-73(40-53(52)61(77)69-56-36-49(56)44-24-16-13-17-25-44)64(80)47-30-32-48(33-31-47)65(81)74-41-54(62(78)70-57-37-50(57)45-26-18-14-19-27-45)55(42-74)63(79)71-58-38-51(58)46-28-20-15-21-29-46/h13-21,24-33,49-58H,5-12,22-23,34-43H2,1-4H3,(H,68,76)(H,69,77)(H,70,78)(H,71,79)/t49-,50-,51-,52-,53-,54-,55-,56+,57+,58+/m1/s1. The predicted molar refractivity (Wildman–Crippen MR) is 318 cm³/mol. The number of carbonyl (C=O) groups excluding carboxylic acids is 8. The number of likely N-dealkylation sites (tertiary alicyclic amines) is 2. The molecule has 0 spiro atoms. The highest BCUT2D eigenvalue weighted by atomic mass is 16.6. The number of esters is 1. The van der Waals surface area contributed by atoms with Crippen molar-refractivity contribution in [3.63, 3.8) is 0 Å². The Morgan fingerprint density at radius 3 is 1.19 bits per heavy atom. The van der Waals surface area contributed by atoms with E-state index in [4.69, 9.17) is 9.47 Å². The van der Waals surface area contributed by atoms with Gasteiger partial charge in [-0.15, -0.1) is 0 Å². The van der Waals surface area contributed by atoms with Crippen molar-refractivity contribution >= 4 is 47.5 Å². The number of rotatable bonds is 27. The van der Waals surface area contributed by atoms with Crippen molar-refractivity contribution in [2.24, 2.45) is 23.7 Å². The first-order valence-corrected chi connectivity index (χ1v) is 30.6. The van der Waals surface area contributed by atoms with Crippen molar-refractivity contribution in [1.82, 2.24) is 36.0 Å². The molecule has 0 unspecified atom stereocenters. The van der Waals surface area contributed by atoms with Crippen LogP contribution in [0.2, 0.25) is 0 Å². The molecule has 17 nitrogen and oxygen atoms in total. The first-order valence-electron chi connectivity index (χ1n) is 30.6. The van der Waals surface area contributed by atoms with Crippen LogP contribution in [-0.4, -0.2) is 139 Å². The van der Waals surface area contributed by atoms with Gasteiger partial charge in [0.05, 0.1) is 30.3 Å². The molecule has 5 aliphatic rings. The van der Waals surface area contributed by atoms with E-state index in [0.29, 0.717) is 24.3 Å². The van der Waals surface area contributed by atoms with E-state index in [9.17, 15) is 38.4 Å². The summed E-state index contributed by atoms with van der Waals surface area (Å²) in [6, 6.07) is 36.3. The Balaban J connectivity index is 0.733. The zero-order valence-corrected chi connectivity index (χ0v) is 49.3. The third-order valence-electron chi connectivity index (χ3n) is 17.2. The number of amides is 7. The summed E-state index contributed by atoms with van der Waals surface area (Å²) in [5, 5.41) is 12.7. The Morgan fingerprint density at radius 2 is 0.821 bits per heavy atom. The summed E-state index contributed by atoms with van der Waals surface area (Å²) in [7, 11) is 1.51. The lowest BCUT2D eigenvalue weighted by atomic mass is 9.94. The van der Waals surface area contributed by atoms with Gasteiger partial charge in [-0.25, -0.2) is 4.79 Å². The van der Waals surface area contributed by atoms with E-state index in [1.54, 1.807) is 54.8 Å². The van der Waals surface area contributed by atoms with E-state index in [0.717, 1.165) is 100 Å². The Bertz CT molecular complexity index is 2840. The first kappa shape index (κ1) is 61.0. The fourth-order valence-electron chi connectivity index (χ4n) is 12.1. The van der Waals surface area contributed by atoms with E-state index in [-0.39, 0.29) is 104 Å². The van der Waals surface area contributed by atoms with Crippen molar-refractivity contribution in [3.8, 4) is 0 Å². The second-order valence-corrected chi connectivity index (χ2v) is 24.9. The molecule has 5 fully saturated rings. The quantitative estimate of drug-likeness (QED) is 0.0330. The van der Waals surface area contributed by atoms with Crippen molar-refractivity contribution < 1.29 is 47.8 Å². The lowest BCUT2D eigenvalue weighted by molar-refractivity contribution is -0.144. The molecule has 0 radical (unpaired) electrons. The second kappa shape index (κ2) is 28.3. The molecule has 448 valence electrons. The van der Waals surface area contributed by atoms with Gasteiger partial charge < -0.3 is 45.4 Å². The van der Waals surface area contributed by atoms with Crippen molar-refractivity contribution in [2.45, 2.75) is 146 Å². The zero-order valence-electron chi connectivity index (χ0n) is 49.3. The number of likely N-dealkylation sites (N-methyl/N-ethyl adjacent to an activating group) is 1. The largest absolute Gasteiger partial charge is 0.464 e. The number of hydrogen-bond acceptors (Lipinski definition) is 10. The number of nitrogens with one attached hydrogen (secondary N) is 4. The molecule has 9 rings (SSSR count). The van der Waals surface area contributed by atoms with Gasteiger partial charge in [-0.2, -0.15) is 0 Å². The van der Waals surface area contributed by atoms with Gasteiger partial charge in [0.15, 0.2) is 0 Å². The van der Waals surface area contributed by atoms with Crippen LogP contribution in [0.25, 0.3) is 0 Å². The second-order valence-electron chi connectivity index (χ2n) is 24.9. The highest BCUT2D eigenvalue weighted by Crippen LogP contribution is 2.44. The molecule has 2 heterocycles. The van der Waals surface area contributed by atoms with Crippen LogP contribution in [-0.2, 0) is 33.4 Å². The molecule has 7 amide bonds. The van der Waals surface area contributed by atoms with E-state index < -0.39 is 41.3 Å². The van der Waals surface area contributed by atoms with Crippen LogP contribution in [0.5, 0.6) is 0 Å². The van der Waals surface area contributed by atoms with Crippen LogP contribution in [0.4, 0.5) is 4.79 Å². The van der Waals surface area contributed by atoms with Gasteiger partial charge in [0.1, 0.15) is 12.1 Å². The number of ether oxygens (including phenoxy) is 2. The maximum atomic E-state index is 14.3. The minimum atomic E-state index is -0.751. The van der Waals surface area contributed by atoms with Crippen LogP contribution in [0, 0.1) is 23.7 Å². The van der Waals surface area contributed by atoms with Gasteiger partial charge in [0, 0.05) is 86.8 Å². The Kier molecular flexibility index (Phi) is 20.6. The average Bonchev–Trinajstić information content (AvgIpc) is 2.51. The van der Waals surface area contributed by atoms with E-state index in [1.807, 2.05) is 54.6 Å². The van der Waals surface area contributed by atoms with Gasteiger partial charge in [-0.3, -0.25) is 33.6 Å². The van der Waals surface area contributed by atoms with Crippen LogP contribution >= 0.6 is 0 Å². The fraction of sp³-hybridized carbons (Fsp3) is 0.522. The molecule has 2 saturated heterocycles. The van der Waals surface area contributed by atoms with Gasteiger partial charge >= 0.3 is 12.1 Å². The minimum absolute atomic E-state index is 0.0460. The van der Waals surface area contributed by atoms with Crippen molar-refractivity contribution in [2.75, 3.05) is 52.9 Å². The van der Waals surface area contributed by atoms with Crippen LogP contribution in [0.15, 0.2) is 115 Å². The number of benzene rings is 4. The molecule has 84 heavy (non-hydrogen) atoms. The molecule has 3 saturated carbocycles. The summed E-state index contributed by atoms with van der Waals surface area (Å²) in [4.78, 5) is 113. The highest BCUT2D eigenvalue weighted by molar-refractivity contribution is 6.00. The average molecular weight is 1150 g/mol. The maximum absolute atomic E-state index is 14.3. The normalized spacial score (nSPS) is 23.9. The van der Waals surface area contributed by atoms with Crippen LogP contribution in [0.3, 0.4) is 0 Å². The molecule has 4 N–H and O–H groups in total. The maximum Gasteiger partial charge on any atom is 0.410 e. The SMILES string of the molecule is CN(CC(=O)OCCCCCCCCCCCCNC(=O)[C@@H]1CN(C(=O)c2ccc(C(=O)N3C[C@@H](C(=O)N[C@H]4C[C@@H]4c4ccccc4)[C@H](C(=O)N[C@H]4C[C@@H]4c4ccccc4)C3)cc2)C[C@H]1C(=O)N[C@H]1C[C@@H]1c1ccccc1)C(=O)OC(C)(C)C. The minimum Gasteiger partial charge on any atom is -0.464 e. The van der Waals surface area contributed by atoms with E-state index in [1.165, 1.54) is 11.9 Å². The van der Waals surface area contributed by atoms with Gasteiger partial charge in [-0.1, -0.05) is 142 Å². The van der Waals surface area contributed by atoms with Gasteiger partial charge in [0.25, 0.3) is 11.8 Å². The summed E-state index contributed by atoms with van der Waals surface area (Å²) < 4.78 is 10.6. The zero-order chi connectivity index (χ0) is 59.3. The number of nitrogens with zero attached hydrogens (tertiary/aromatic N) is 3. The topological polar surface area (TPSA) is 213 Å². The summed E-state index contributed by atoms with van der Waals surface area (Å²) in [5.41, 5.74) is 3.44. The van der Waals surface area contributed by atoms with E-state index >= 15 is 0 Å². The van der Waals surface area contributed by atoms with E-state index in [2.05, 4.69) is 57.7 Å². The van der Waals surface area contributed by atoms with Crippen LogP contribution in [0.1, 0.15) is 159 Å². The van der Waals surface area contributed by atoms with Gasteiger partial charge in [-0.05, 0) is 93.8 Å². The molecule has 2 aliphatic heterocycles. The molecule has 0 bridgehead atoms. The summed E-state index contributed by atoms with van der Waals surface area (Å²) in [6.45, 7) is 6.21. The summed E-state index contributed by atoms with van der Waals surface area (Å²) in [6.07, 6.45) is 11.8. The first-order chi connectivity index (χ1) is 40.5. The number of unbranched alkanes of at least 4 members (excludes halogenated alkanes) is 9. The van der Waals surface area contributed by atoms with Crippen molar-refractivity contribution in [3.05, 3.63) is 143 Å². The number of hydrogen-bond donors (Lipinski definition) is 4. The molecule has 17 heteroatoms. The Labute approximate surface area is 494 Å². The molecule has 10 atom stereocenters. The highest BCUT2D eigenvalue weighted by Gasteiger charge is 2.50. The molecular formula is C67H85N7O10. The molecule has 4 aromatic carbocycles. The smallest absolute Gasteiger partial charge is 0.410 e. The van der Waals surface area contributed by atoms with Gasteiger partial charge in [0.2, 0.25) is 23.6 Å². The fourth-order valence-corrected chi connectivity index (χ4v) is 12.1. The Hall–Kier alpha value is -7.56. The summed E-state index contributed by atoms with van der Waals surface area (Å²) >= 11 is 0. The van der Waals surface area contributed by atoms with Crippen molar-refractivity contribution in [1.29, 1.82) is 0 Å². The number of carbonyl (C=O) groups is 8.